The standard InChI is InChI=1S/C24H13NO/c1-4-10-19-14(7-1)17-13-18-15-8-3-6-12-21(15)26-24(18)22-16-9-2-5-11-20(16)25(19)23(17)22/h1-13H. The number of nitrogens with zero attached hydrogens (tertiary/aromatic N) is 1. The van der Waals surface area contributed by atoms with Crippen LogP contribution in [-0.2, 0) is 0 Å². The van der Waals surface area contributed by atoms with Crippen LogP contribution in [0.2, 0.25) is 0 Å². The molecule has 0 radical (unpaired) electrons. The van der Waals surface area contributed by atoms with Crippen LogP contribution in [0.4, 0.5) is 0 Å². The Labute approximate surface area is 148 Å². The zero-order chi connectivity index (χ0) is 16.8. The molecule has 4 aromatic carbocycles. The number of fused-ring (bicyclic) bond motifs is 10. The van der Waals surface area contributed by atoms with Gasteiger partial charge in [-0.15, -0.1) is 0 Å². The smallest absolute Gasteiger partial charge is 0.145 e. The Morgan fingerprint density at radius 2 is 1.23 bits per heavy atom. The van der Waals surface area contributed by atoms with E-state index < -0.39 is 0 Å². The molecule has 3 heterocycles. The first-order valence-electron chi connectivity index (χ1n) is 8.89. The maximum Gasteiger partial charge on any atom is 0.145 e. The predicted octanol–water partition coefficient (Wildman–Crippen LogP) is 6.74. The van der Waals surface area contributed by atoms with Crippen molar-refractivity contribution in [3.05, 3.63) is 78.9 Å². The summed E-state index contributed by atoms with van der Waals surface area (Å²) < 4.78 is 8.75. The molecule has 0 aliphatic heterocycles. The molecule has 0 unspecified atom stereocenters. The predicted molar refractivity (Wildman–Crippen MR) is 108 cm³/mol. The van der Waals surface area contributed by atoms with Crippen molar-refractivity contribution < 1.29 is 4.42 Å². The molecule has 0 saturated carbocycles. The second-order valence-electron chi connectivity index (χ2n) is 6.99. The third-order valence-electron chi connectivity index (χ3n) is 5.71. The molecular formula is C24H13NO. The van der Waals surface area contributed by atoms with E-state index in [1.807, 2.05) is 6.07 Å². The summed E-state index contributed by atoms with van der Waals surface area (Å²) in [6, 6.07) is 27.9. The van der Waals surface area contributed by atoms with Crippen LogP contribution < -0.4 is 0 Å². The molecule has 0 aliphatic carbocycles. The lowest BCUT2D eigenvalue weighted by atomic mass is 10.0. The fourth-order valence-corrected chi connectivity index (χ4v) is 4.68. The first-order chi connectivity index (χ1) is 12.9. The largest absolute Gasteiger partial charge is 0.455 e. The van der Waals surface area contributed by atoms with Crippen molar-refractivity contribution >= 4 is 60.0 Å². The van der Waals surface area contributed by atoms with Gasteiger partial charge in [0.1, 0.15) is 11.2 Å². The Kier molecular flexibility index (Phi) is 2.05. The van der Waals surface area contributed by atoms with Crippen LogP contribution in [0.25, 0.3) is 60.0 Å². The van der Waals surface area contributed by atoms with Crippen LogP contribution in [-0.4, -0.2) is 4.40 Å². The van der Waals surface area contributed by atoms with Crippen molar-refractivity contribution in [2.24, 2.45) is 0 Å². The van der Waals surface area contributed by atoms with E-state index in [9.17, 15) is 0 Å². The second kappa shape index (κ2) is 4.17. The highest BCUT2D eigenvalue weighted by Crippen LogP contribution is 2.45. The van der Waals surface area contributed by atoms with Crippen molar-refractivity contribution in [1.82, 2.24) is 4.40 Å². The summed E-state index contributed by atoms with van der Waals surface area (Å²) >= 11 is 0. The molecule has 0 bridgehead atoms. The molecule has 0 N–H and O–H groups in total. The topological polar surface area (TPSA) is 17.6 Å². The van der Waals surface area contributed by atoms with E-state index in [2.05, 4.69) is 77.2 Å². The number of benzene rings is 4. The van der Waals surface area contributed by atoms with Gasteiger partial charge in [-0.1, -0.05) is 54.6 Å². The first kappa shape index (κ1) is 12.8. The summed E-state index contributed by atoms with van der Waals surface area (Å²) in [5.74, 6) is 0. The molecule has 0 amide bonds. The normalized spacial score (nSPS) is 12.6. The summed E-state index contributed by atoms with van der Waals surface area (Å²) in [6.45, 7) is 0. The first-order valence-corrected chi connectivity index (χ1v) is 8.89. The number of aromatic nitrogens is 1. The Morgan fingerprint density at radius 3 is 2.08 bits per heavy atom. The van der Waals surface area contributed by atoms with Crippen LogP contribution in [0.5, 0.6) is 0 Å². The third-order valence-corrected chi connectivity index (χ3v) is 5.71. The van der Waals surface area contributed by atoms with Gasteiger partial charge in [-0.05, 0) is 24.3 Å². The quantitative estimate of drug-likeness (QED) is 0.301. The molecule has 7 aromatic rings. The van der Waals surface area contributed by atoms with Crippen LogP contribution in [0.1, 0.15) is 0 Å². The highest BCUT2D eigenvalue weighted by molar-refractivity contribution is 6.32. The average Bonchev–Trinajstić information content (AvgIpc) is 3.33. The lowest BCUT2D eigenvalue weighted by Gasteiger charge is -1.97. The molecule has 26 heavy (non-hydrogen) atoms. The number of hydrogen-bond donors (Lipinski definition) is 0. The third kappa shape index (κ3) is 1.29. The maximum atomic E-state index is 6.36. The molecule has 7 rings (SSSR count). The van der Waals surface area contributed by atoms with Crippen molar-refractivity contribution in [1.29, 1.82) is 0 Å². The lowest BCUT2D eigenvalue weighted by Crippen LogP contribution is -1.78. The highest BCUT2D eigenvalue weighted by Gasteiger charge is 2.22. The fourth-order valence-electron chi connectivity index (χ4n) is 4.68. The lowest BCUT2D eigenvalue weighted by molar-refractivity contribution is 0.673. The van der Waals surface area contributed by atoms with Gasteiger partial charge in [-0.2, -0.15) is 0 Å². The fraction of sp³-hybridized carbons (Fsp3) is 0. The summed E-state index contributed by atoms with van der Waals surface area (Å²) in [6.07, 6.45) is 0. The molecule has 0 saturated heterocycles. The SMILES string of the molecule is c1ccc2c(c1)oc1c2cc2c3ccccc3n3c4ccccc4c1c23. The zero-order valence-electron chi connectivity index (χ0n) is 13.9. The van der Waals surface area contributed by atoms with Gasteiger partial charge in [0, 0.05) is 26.9 Å². The van der Waals surface area contributed by atoms with Crippen molar-refractivity contribution in [3.8, 4) is 0 Å². The summed E-state index contributed by atoms with van der Waals surface area (Å²) in [7, 11) is 0. The Morgan fingerprint density at radius 1 is 0.577 bits per heavy atom. The molecule has 120 valence electrons. The Bertz CT molecular complexity index is 1630. The number of rotatable bonds is 0. The molecule has 0 spiro atoms. The van der Waals surface area contributed by atoms with Gasteiger partial charge in [0.05, 0.1) is 21.9 Å². The van der Waals surface area contributed by atoms with E-state index in [0.717, 1.165) is 11.2 Å². The number of para-hydroxylation sites is 3. The van der Waals surface area contributed by atoms with Crippen molar-refractivity contribution in [2.45, 2.75) is 0 Å². The Balaban J connectivity index is 1.96. The van der Waals surface area contributed by atoms with Crippen molar-refractivity contribution in [3.63, 3.8) is 0 Å². The zero-order valence-corrected chi connectivity index (χ0v) is 13.9. The molecule has 2 heteroatoms. The molecule has 0 aliphatic rings. The summed E-state index contributed by atoms with van der Waals surface area (Å²) in [5.41, 5.74) is 5.70. The second-order valence-corrected chi connectivity index (χ2v) is 6.99. The molecule has 0 fully saturated rings. The number of hydrogen-bond acceptors (Lipinski definition) is 1. The van der Waals surface area contributed by atoms with E-state index in [0.29, 0.717) is 0 Å². The van der Waals surface area contributed by atoms with E-state index in [-0.39, 0.29) is 0 Å². The van der Waals surface area contributed by atoms with Gasteiger partial charge in [0.2, 0.25) is 0 Å². The average molecular weight is 331 g/mol. The van der Waals surface area contributed by atoms with Crippen LogP contribution in [0, 0.1) is 0 Å². The van der Waals surface area contributed by atoms with Gasteiger partial charge in [0.25, 0.3) is 0 Å². The van der Waals surface area contributed by atoms with Gasteiger partial charge < -0.3 is 8.82 Å². The minimum Gasteiger partial charge on any atom is -0.455 e. The monoisotopic (exact) mass is 331 g/mol. The van der Waals surface area contributed by atoms with Crippen LogP contribution >= 0.6 is 0 Å². The van der Waals surface area contributed by atoms with Gasteiger partial charge in [-0.25, -0.2) is 0 Å². The van der Waals surface area contributed by atoms with E-state index in [1.54, 1.807) is 0 Å². The maximum absolute atomic E-state index is 6.36. The van der Waals surface area contributed by atoms with Gasteiger partial charge >= 0.3 is 0 Å². The molecule has 0 atom stereocenters. The van der Waals surface area contributed by atoms with Crippen LogP contribution in [0.15, 0.2) is 83.3 Å². The van der Waals surface area contributed by atoms with Crippen molar-refractivity contribution in [2.75, 3.05) is 0 Å². The summed E-state index contributed by atoms with van der Waals surface area (Å²) in [5, 5.41) is 7.45. The highest BCUT2D eigenvalue weighted by atomic mass is 16.3. The number of furan rings is 1. The van der Waals surface area contributed by atoms with Crippen LogP contribution in [0.3, 0.4) is 0 Å². The Hall–Kier alpha value is -3.52. The molecular weight excluding hydrogens is 318 g/mol. The molecule has 2 nitrogen and oxygen atoms in total. The molecule has 3 aromatic heterocycles. The van der Waals surface area contributed by atoms with E-state index in [4.69, 9.17) is 4.42 Å². The van der Waals surface area contributed by atoms with E-state index in [1.165, 1.54) is 48.9 Å². The summed E-state index contributed by atoms with van der Waals surface area (Å²) in [4.78, 5) is 0. The van der Waals surface area contributed by atoms with Gasteiger partial charge in [0.15, 0.2) is 0 Å². The minimum atomic E-state index is 0.951. The van der Waals surface area contributed by atoms with Gasteiger partial charge in [-0.3, -0.25) is 0 Å². The minimum absolute atomic E-state index is 0.951. The van der Waals surface area contributed by atoms with E-state index >= 15 is 0 Å².